The fraction of sp³-hybridized carbons (Fsp3) is 0.400. The van der Waals surface area contributed by atoms with Gasteiger partial charge in [0.1, 0.15) is 5.56 Å². The van der Waals surface area contributed by atoms with Gasteiger partial charge in [0.05, 0.1) is 0 Å². The second-order valence-corrected chi connectivity index (χ2v) is 3.45. The highest BCUT2D eigenvalue weighted by Gasteiger charge is 2.08. The molecule has 0 saturated carbocycles. The van der Waals surface area contributed by atoms with E-state index in [2.05, 4.69) is 20.3 Å². The van der Waals surface area contributed by atoms with Gasteiger partial charge in [-0.3, -0.25) is 9.59 Å². The molecular formula is C10H13N5O2. The normalized spacial score (nSPS) is 9.47. The molecule has 1 rings (SSSR count). The number of H-pyrrole nitrogens is 1. The molecule has 0 fully saturated rings. The molecular weight excluding hydrogens is 222 g/mol. The van der Waals surface area contributed by atoms with Crippen LogP contribution in [0, 0.1) is 6.92 Å². The maximum absolute atomic E-state index is 11.6. The number of rotatable bonds is 5. The minimum absolute atomic E-state index is 0.0828. The maximum atomic E-state index is 11.6. The molecule has 0 bridgehead atoms. The van der Waals surface area contributed by atoms with Crippen molar-refractivity contribution in [2.45, 2.75) is 13.3 Å². The average Bonchev–Trinajstić information content (AvgIpc) is 2.28. The Balaban J connectivity index is 2.52. The summed E-state index contributed by atoms with van der Waals surface area (Å²) in [5.74, 6) is -0.424. The quantitative estimate of drug-likeness (QED) is 0.345. The van der Waals surface area contributed by atoms with Gasteiger partial charge in [-0.25, -0.2) is 0 Å². The molecule has 0 atom stereocenters. The van der Waals surface area contributed by atoms with Crippen molar-refractivity contribution in [3.05, 3.63) is 44.2 Å². The van der Waals surface area contributed by atoms with E-state index in [1.165, 1.54) is 6.07 Å². The van der Waals surface area contributed by atoms with E-state index in [9.17, 15) is 9.59 Å². The zero-order chi connectivity index (χ0) is 12.7. The molecule has 1 aromatic rings. The highest BCUT2D eigenvalue weighted by Crippen LogP contribution is 1.93. The lowest BCUT2D eigenvalue weighted by atomic mass is 10.2. The Morgan fingerprint density at radius 1 is 1.59 bits per heavy atom. The predicted molar refractivity (Wildman–Crippen MR) is 62.8 cm³/mol. The number of azide groups is 1. The fourth-order valence-electron chi connectivity index (χ4n) is 1.24. The van der Waals surface area contributed by atoms with Crippen LogP contribution in [0.4, 0.5) is 0 Å². The van der Waals surface area contributed by atoms with Gasteiger partial charge >= 0.3 is 0 Å². The van der Waals surface area contributed by atoms with Gasteiger partial charge in [0.25, 0.3) is 11.5 Å². The van der Waals surface area contributed by atoms with Crippen molar-refractivity contribution in [3.63, 3.8) is 0 Å². The summed E-state index contributed by atoms with van der Waals surface area (Å²) in [4.78, 5) is 28.1. The first kappa shape index (κ1) is 12.8. The number of carbonyl (C=O) groups excluding carboxylic acids is 1. The summed E-state index contributed by atoms with van der Waals surface area (Å²) < 4.78 is 0. The van der Waals surface area contributed by atoms with Crippen molar-refractivity contribution in [1.82, 2.24) is 10.3 Å². The van der Waals surface area contributed by atoms with Crippen LogP contribution in [0.1, 0.15) is 22.5 Å². The minimum atomic E-state index is -0.424. The van der Waals surface area contributed by atoms with Crippen LogP contribution in [0.2, 0.25) is 0 Å². The number of pyridine rings is 1. The molecule has 7 heteroatoms. The first-order chi connectivity index (χ1) is 8.15. The van der Waals surface area contributed by atoms with Gasteiger partial charge in [0, 0.05) is 23.7 Å². The van der Waals surface area contributed by atoms with E-state index in [0.717, 1.165) is 0 Å². The first-order valence-electron chi connectivity index (χ1n) is 5.14. The highest BCUT2D eigenvalue weighted by atomic mass is 16.2. The second kappa shape index (κ2) is 6.34. The Labute approximate surface area is 97.5 Å². The van der Waals surface area contributed by atoms with E-state index in [4.69, 9.17) is 5.53 Å². The molecule has 7 nitrogen and oxygen atoms in total. The van der Waals surface area contributed by atoms with Gasteiger partial charge in [-0.15, -0.1) is 0 Å². The molecule has 2 N–H and O–H groups in total. The number of carbonyl (C=O) groups is 1. The first-order valence-corrected chi connectivity index (χ1v) is 5.14. The maximum Gasteiger partial charge on any atom is 0.260 e. The lowest BCUT2D eigenvalue weighted by Crippen LogP contribution is -2.30. The molecule has 0 aliphatic heterocycles. The number of amides is 1. The second-order valence-electron chi connectivity index (χ2n) is 3.45. The summed E-state index contributed by atoms with van der Waals surface area (Å²) in [5, 5.41) is 5.91. The topological polar surface area (TPSA) is 111 Å². The smallest absolute Gasteiger partial charge is 0.260 e. The Kier molecular flexibility index (Phi) is 4.77. The number of hydrogen-bond acceptors (Lipinski definition) is 3. The van der Waals surface area contributed by atoms with Gasteiger partial charge in [0.15, 0.2) is 0 Å². The van der Waals surface area contributed by atoms with E-state index in [-0.39, 0.29) is 5.56 Å². The fourth-order valence-corrected chi connectivity index (χ4v) is 1.24. The van der Waals surface area contributed by atoms with Crippen molar-refractivity contribution in [2.24, 2.45) is 5.11 Å². The van der Waals surface area contributed by atoms with Gasteiger partial charge in [0.2, 0.25) is 0 Å². The van der Waals surface area contributed by atoms with Gasteiger partial charge < -0.3 is 10.3 Å². The number of aromatic nitrogens is 1. The summed E-state index contributed by atoms with van der Waals surface area (Å²) in [5.41, 5.74) is 8.42. The van der Waals surface area contributed by atoms with Gasteiger partial charge in [-0.2, -0.15) is 0 Å². The van der Waals surface area contributed by atoms with E-state index in [0.29, 0.717) is 25.2 Å². The van der Waals surface area contributed by atoms with Crippen LogP contribution in [-0.2, 0) is 0 Å². The summed E-state index contributed by atoms with van der Waals surface area (Å²) in [7, 11) is 0. The summed E-state index contributed by atoms with van der Waals surface area (Å²) in [6.07, 6.45) is 0.541. The number of aryl methyl sites for hydroxylation is 1. The van der Waals surface area contributed by atoms with Gasteiger partial charge in [-0.05, 0) is 31.0 Å². The lowest BCUT2D eigenvalue weighted by Gasteiger charge is -2.03. The SMILES string of the molecule is Cc1ccc(C(=O)NCCCN=[N+]=[N-])c(=O)[nH]1. The molecule has 90 valence electrons. The van der Waals surface area contributed by atoms with Crippen LogP contribution in [0.5, 0.6) is 0 Å². The summed E-state index contributed by atoms with van der Waals surface area (Å²) in [6, 6.07) is 3.15. The molecule has 1 aromatic heterocycles. The molecule has 0 aliphatic carbocycles. The Morgan fingerprint density at radius 2 is 2.35 bits per heavy atom. The molecule has 0 spiro atoms. The largest absolute Gasteiger partial charge is 0.352 e. The number of hydrogen-bond donors (Lipinski definition) is 2. The number of nitrogens with zero attached hydrogens (tertiary/aromatic N) is 3. The van der Waals surface area contributed by atoms with Crippen LogP contribution in [0.3, 0.4) is 0 Å². The van der Waals surface area contributed by atoms with E-state index in [1.54, 1.807) is 13.0 Å². The van der Waals surface area contributed by atoms with Crippen molar-refractivity contribution in [2.75, 3.05) is 13.1 Å². The zero-order valence-electron chi connectivity index (χ0n) is 9.43. The van der Waals surface area contributed by atoms with Crippen molar-refractivity contribution < 1.29 is 4.79 Å². The number of aromatic amines is 1. The van der Waals surface area contributed by atoms with E-state index in [1.807, 2.05) is 0 Å². The third-order valence-electron chi connectivity index (χ3n) is 2.08. The molecule has 0 radical (unpaired) electrons. The predicted octanol–water partition coefficient (Wildman–Crippen LogP) is 1.11. The van der Waals surface area contributed by atoms with Crippen LogP contribution in [0.15, 0.2) is 22.0 Å². The Bertz CT molecular complexity index is 502. The minimum Gasteiger partial charge on any atom is -0.352 e. The molecule has 1 heterocycles. The summed E-state index contributed by atoms with van der Waals surface area (Å²) in [6.45, 7) is 2.43. The monoisotopic (exact) mass is 235 g/mol. The summed E-state index contributed by atoms with van der Waals surface area (Å²) >= 11 is 0. The average molecular weight is 235 g/mol. The van der Waals surface area contributed by atoms with E-state index >= 15 is 0 Å². The molecule has 0 aliphatic rings. The van der Waals surface area contributed by atoms with Crippen molar-refractivity contribution in [1.29, 1.82) is 0 Å². The third-order valence-corrected chi connectivity index (χ3v) is 2.08. The highest BCUT2D eigenvalue weighted by molar-refractivity contribution is 5.93. The number of nitrogens with one attached hydrogen (secondary N) is 2. The molecule has 0 saturated heterocycles. The van der Waals surface area contributed by atoms with Crippen molar-refractivity contribution in [3.8, 4) is 0 Å². The molecule has 0 aromatic carbocycles. The third kappa shape index (κ3) is 4.00. The Morgan fingerprint density at radius 3 is 3.00 bits per heavy atom. The van der Waals surface area contributed by atoms with Gasteiger partial charge in [-0.1, -0.05) is 5.11 Å². The molecule has 0 unspecified atom stereocenters. The molecule has 1 amide bonds. The zero-order valence-corrected chi connectivity index (χ0v) is 9.43. The van der Waals surface area contributed by atoms with E-state index < -0.39 is 11.5 Å². The van der Waals surface area contributed by atoms with Crippen LogP contribution in [-0.4, -0.2) is 24.0 Å². The Hall–Kier alpha value is -2.27. The van der Waals surface area contributed by atoms with Crippen molar-refractivity contribution >= 4 is 5.91 Å². The van der Waals surface area contributed by atoms with Crippen LogP contribution < -0.4 is 10.9 Å². The van der Waals surface area contributed by atoms with Crippen LogP contribution in [0.25, 0.3) is 10.4 Å². The standard InChI is InChI=1S/C10H13N5O2/c1-7-3-4-8(10(17)14-7)9(16)12-5-2-6-13-15-11/h3-4H,2,5-6H2,1H3,(H,12,16)(H,14,17). The van der Waals surface area contributed by atoms with Crippen LogP contribution >= 0.6 is 0 Å². The lowest BCUT2D eigenvalue weighted by molar-refractivity contribution is 0.0952. The molecule has 17 heavy (non-hydrogen) atoms.